The van der Waals surface area contributed by atoms with Crippen molar-refractivity contribution >= 4 is 10.8 Å². The number of nitrogens with zero attached hydrogens (tertiary/aromatic N) is 2. The van der Waals surface area contributed by atoms with Gasteiger partial charge in [-0.15, -0.1) is 0 Å². The Balaban J connectivity index is 1.79. The smallest absolute Gasteiger partial charge is 0.0518 e. The lowest BCUT2D eigenvalue weighted by atomic mass is 10.1. The molecule has 0 spiro atoms. The van der Waals surface area contributed by atoms with Crippen molar-refractivity contribution in [2.45, 2.75) is 25.4 Å². The lowest BCUT2D eigenvalue weighted by molar-refractivity contribution is 0.465. The molecule has 0 amide bonds. The largest absolute Gasteiger partial charge is 0.308 e. The van der Waals surface area contributed by atoms with Gasteiger partial charge in [0.25, 0.3) is 0 Å². The van der Waals surface area contributed by atoms with Crippen LogP contribution in [0.5, 0.6) is 0 Å². The van der Waals surface area contributed by atoms with Crippen LogP contribution in [0.15, 0.2) is 12.3 Å². The molecule has 1 fully saturated rings. The Labute approximate surface area is 92.5 Å². The standard InChI is InChI=1S/C10H17N3OS/c1-13-10(2-5-12-13)8-11-9-3-6-15(14)7-4-9/h2,5,9,11H,3-4,6-8H2,1H3. The van der Waals surface area contributed by atoms with Gasteiger partial charge in [-0.2, -0.15) is 5.10 Å². The molecule has 0 bridgehead atoms. The molecule has 0 atom stereocenters. The molecule has 1 saturated heterocycles. The first kappa shape index (κ1) is 10.8. The second-order valence-electron chi connectivity index (χ2n) is 3.95. The molecular formula is C10H17N3OS. The number of nitrogens with one attached hydrogen (secondary N) is 1. The van der Waals surface area contributed by atoms with Crippen molar-refractivity contribution in [3.8, 4) is 0 Å². The molecule has 0 aromatic carbocycles. The van der Waals surface area contributed by atoms with E-state index in [1.807, 2.05) is 24.0 Å². The Hall–Kier alpha value is -0.680. The Morgan fingerprint density at radius 2 is 2.33 bits per heavy atom. The van der Waals surface area contributed by atoms with E-state index in [-0.39, 0.29) is 0 Å². The summed E-state index contributed by atoms with van der Waals surface area (Å²) >= 11 is 0. The minimum absolute atomic E-state index is 0.526. The van der Waals surface area contributed by atoms with E-state index >= 15 is 0 Å². The number of hydrogen-bond acceptors (Lipinski definition) is 3. The van der Waals surface area contributed by atoms with E-state index in [4.69, 9.17) is 0 Å². The highest BCUT2D eigenvalue weighted by atomic mass is 32.2. The molecule has 0 aliphatic carbocycles. The summed E-state index contributed by atoms with van der Waals surface area (Å²) < 4.78 is 13.0. The third-order valence-electron chi connectivity index (χ3n) is 2.88. The number of aryl methyl sites for hydroxylation is 1. The van der Waals surface area contributed by atoms with E-state index in [9.17, 15) is 4.21 Å². The number of aromatic nitrogens is 2. The zero-order valence-corrected chi connectivity index (χ0v) is 9.80. The van der Waals surface area contributed by atoms with Crippen LogP contribution in [0.2, 0.25) is 0 Å². The lowest BCUT2D eigenvalue weighted by Crippen LogP contribution is -2.35. The van der Waals surface area contributed by atoms with E-state index in [0.717, 1.165) is 30.9 Å². The molecule has 0 saturated carbocycles. The summed E-state index contributed by atoms with van der Waals surface area (Å²) in [5.74, 6) is 1.70. The first-order valence-electron chi connectivity index (χ1n) is 5.31. The highest BCUT2D eigenvalue weighted by Gasteiger charge is 2.17. The Kier molecular flexibility index (Phi) is 3.53. The molecule has 1 aliphatic rings. The van der Waals surface area contributed by atoms with E-state index in [2.05, 4.69) is 10.4 Å². The van der Waals surface area contributed by atoms with Crippen LogP contribution in [-0.4, -0.2) is 31.5 Å². The van der Waals surface area contributed by atoms with Crippen LogP contribution in [0.4, 0.5) is 0 Å². The summed E-state index contributed by atoms with van der Waals surface area (Å²) in [7, 11) is 1.39. The van der Waals surface area contributed by atoms with Crippen LogP contribution in [-0.2, 0) is 24.4 Å². The fourth-order valence-electron chi connectivity index (χ4n) is 1.82. The van der Waals surface area contributed by atoms with Gasteiger partial charge in [0.15, 0.2) is 0 Å². The van der Waals surface area contributed by atoms with Gasteiger partial charge in [-0.25, -0.2) is 0 Å². The predicted molar refractivity (Wildman–Crippen MR) is 60.9 cm³/mol. The highest BCUT2D eigenvalue weighted by Crippen LogP contribution is 2.09. The van der Waals surface area contributed by atoms with Gasteiger partial charge in [0.05, 0.1) is 5.69 Å². The Morgan fingerprint density at radius 1 is 1.60 bits per heavy atom. The van der Waals surface area contributed by atoms with Crippen molar-refractivity contribution in [3.05, 3.63) is 18.0 Å². The van der Waals surface area contributed by atoms with Gasteiger partial charge < -0.3 is 5.32 Å². The quantitative estimate of drug-likeness (QED) is 0.814. The highest BCUT2D eigenvalue weighted by molar-refractivity contribution is 7.85. The molecule has 15 heavy (non-hydrogen) atoms. The maximum Gasteiger partial charge on any atom is 0.0518 e. The molecule has 2 heterocycles. The van der Waals surface area contributed by atoms with Gasteiger partial charge in [-0.3, -0.25) is 8.89 Å². The topological polar surface area (TPSA) is 46.9 Å². The summed E-state index contributed by atoms with van der Waals surface area (Å²) in [6.07, 6.45) is 3.88. The monoisotopic (exact) mass is 227 g/mol. The van der Waals surface area contributed by atoms with Gasteiger partial charge in [0, 0.05) is 48.1 Å². The van der Waals surface area contributed by atoms with Crippen LogP contribution in [0.3, 0.4) is 0 Å². The lowest BCUT2D eigenvalue weighted by Gasteiger charge is -2.22. The average molecular weight is 227 g/mol. The van der Waals surface area contributed by atoms with Crippen molar-refractivity contribution < 1.29 is 4.21 Å². The molecule has 0 radical (unpaired) electrons. The zero-order valence-electron chi connectivity index (χ0n) is 8.98. The first-order chi connectivity index (χ1) is 7.25. The van der Waals surface area contributed by atoms with E-state index in [1.54, 1.807) is 0 Å². The normalized spacial score (nSPS) is 26.7. The molecule has 1 aromatic rings. The molecule has 2 rings (SSSR count). The third kappa shape index (κ3) is 2.89. The average Bonchev–Trinajstić information content (AvgIpc) is 2.63. The van der Waals surface area contributed by atoms with Crippen LogP contribution in [0.25, 0.3) is 0 Å². The zero-order chi connectivity index (χ0) is 10.7. The van der Waals surface area contributed by atoms with Gasteiger partial charge >= 0.3 is 0 Å². The van der Waals surface area contributed by atoms with E-state index in [0.29, 0.717) is 6.04 Å². The van der Waals surface area contributed by atoms with Crippen molar-refractivity contribution in [1.82, 2.24) is 15.1 Å². The van der Waals surface area contributed by atoms with Gasteiger partial charge in [-0.05, 0) is 18.9 Å². The third-order valence-corrected chi connectivity index (χ3v) is 4.26. The molecule has 1 aliphatic heterocycles. The van der Waals surface area contributed by atoms with Crippen molar-refractivity contribution in [3.63, 3.8) is 0 Å². The number of hydrogen-bond donors (Lipinski definition) is 1. The van der Waals surface area contributed by atoms with Crippen LogP contribution >= 0.6 is 0 Å². The SMILES string of the molecule is Cn1nccc1CNC1CCS(=O)CC1. The predicted octanol–water partition coefficient (Wildman–Crippen LogP) is 0.421. The fourth-order valence-corrected chi connectivity index (χ4v) is 3.12. The second-order valence-corrected chi connectivity index (χ2v) is 5.65. The molecule has 4 nitrogen and oxygen atoms in total. The Bertz CT molecular complexity index is 340. The minimum atomic E-state index is -0.563. The maximum atomic E-state index is 11.2. The van der Waals surface area contributed by atoms with Crippen molar-refractivity contribution in [1.29, 1.82) is 0 Å². The van der Waals surface area contributed by atoms with E-state index in [1.165, 1.54) is 5.69 Å². The minimum Gasteiger partial charge on any atom is -0.308 e. The summed E-state index contributed by atoms with van der Waals surface area (Å²) in [6, 6.07) is 2.55. The second kappa shape index (κ2) is 4.90. The van der Waals surface area contributed by atoms with Crippen LogP contribution in [0.1, 0.15) is 18.5 Å². The van der Waals surface area contributed by atoms with E-state index < -0.39 is 10.8 Å². The summed E-state index contributed by atoms with van der Waals surface area (Å²) in [4.78, 5) is 0. The summed E-state index contributed by atoms with van der Waals surface area (Å²) in [5.41, 5.74) is 1.20. The van der Waals surface area contributed by atoms with Crippen molar-refractivity contribution in [2.24, 2.45) is 7.05 Å². The maximum absolute atomic E-state index is 11.2. The van der Waals surface area contributed by atoms with Gasteiger partial charge in [0.2, 0.25) is 0 Å². The van der Waals surface area contributed by atoms with Crippen molar-refractivity contribution in [2.75, 3.05) is 11.5 Å². The Morgan fingerprint density at radius 3 is 2.93 bits per heavy atom. The molecule has 0 unspecified atom stereocenters. The van der Waals surface area contributed by atoms with Gasteiger partial charge in [0.1, 0.15) is 0 Å². The molecule has 1 N–H and O–H groups in total. The molecule has 84 valence electrons. The molecule has 5 heteroatoms. The molecular weight excluding hydrogens is 210 g/mol. The van der Waals surface area contributed by atoms with Crippen LogP contribution < -0.4 is 5.32 Å². The fraction of sp³-hybridized carbons (Fsp3) is 0.700. The number of rotatable bonds is 3. The summed E-state index contributed by atoms with van der Waals surface area (Å²) in [5, 5.41) is 7.61. The molecule has 1 aromatic heterocycles. The van der Waals surface area contributed by atoms with Crippen LogP contribution in [0, 0.1) is 0 Å². The van der Waals surface area contributed by atoms with Gasteiger partial charge in [-0.1, -0.05) is 0 Å². The first-order valence-corrected chi connectivity index (χ1v) is 6.80. The summed E-state index contributed by atoms with van der Waals surface area (Å²) in [6.45, 7) is 0.855.